The molecule has 1 saturated heterocycles. The lowest BCUT2D eigenvalue weighted by molar-refractivity contribution is -0.137. The molecular formula is C17H21NO2. The number of hydrogen-bond donors (Lipinski definition) is 0. The highest BCUT2D eigenvalue weighted by Gasteiger charge is 2.38. The van der Waals surface area contributed by atoms with Crippen LogP contribution >= 0.6 is 0 Å². The number of nitrogens with zero attached hydrogens (tertiary/aromatic N) is 1. The molecule has 3 rings (SSSR count). The van der Waals surface area contributed by atoms with Crippen molar-refractivity contribution < 1.29 is 9.53 Å². The topological polar surface area (TPSA) is 29.5 Å². The molecule has 0 unspecified atom stereocenters. The van der Waals surface area contributed by atoms with Crippen molar-refractivity contribution in [2.75, 3.05) is 26.3 Å². The Labute approximate surface area is 120 Å². The second-order valence-electron chi connectivity index (χ2n) is 5.59. The number of likely N-dealkylation sites (tertiary alicyclic amines) is 1. The first-order valence-corrected chi connectivity index (χ1v) is 7.39. The maximum atomic E-state index is 12.0. The van der Waals surface area contributed by atoms with Crippen molar-refractivity contribution in [3.63, 3.8) is 0 Å². The number of carbonyl (C=O) groups excluding carboxylic acids is 1. The van der Waals surface area contributed by atoms with Crippen molar-refractivity contribution in [2.45, 2.75) is 25.2 Å². The Balaban J connectivity index is 1.68. The number of amides is 1. The van der Waals surface area contributed by atoms with Crippen molar-refractivity contribution >= 4 is 12.0 Å². The summed E-state index contributed by atoms with van der Waals surface area (Å²) < 4.78 is 5.22. The summed E-state index contributed by atoms with van der Waals surface area (Å²) in [5.41, 5.74) is 2.91. The van der Waals surface area contributed by atoms with Gasteiger partial charge in [-0.3, -0.25) is 4.79 Å². The largest absolute Gasteiger partial charge is 0.372 e. The van der Waals surface area contributed by atoms with Crippen molar-refractivity contribution in [3.8, 4) is 0 Å². The maximum Gasteiger partial charge on any atom is 0.248 e. The highest BCUT2D eigenvalue weighted by Crippen LogP contribution is 2.43. The molecule has 20 heavy (non-hydrogen) atoms. The van der Waals surface area contributed by atoms with E-state index in [-0.39, 0.29) is 17.9 Å². The van der Waals surface area contributed by atoms with Crippen LogP contribution in [0, 0.1) is 0 Å². The van der Waals surface area contributed by atoms with E-state index in [9.17, 15) is 4.79 Å². The third kappa shape index (κ3) is 2.27. The Hall–Kier alpha value is -1.61. The first-order chi connectivity index (χ1) is 9.75. The average Bonchev–Trinajstić information content (AvgIpc) is 2.85. The highest BCUT2D eigenvalue weighted by atomic mass is 16.5. The fourth-order valence-corrected chi connectivity index (χ4v) is 3.31. The Morgan fingerprint density at radius 2 is 2.05 bits per heavy atom. The lowest BCUT2D eigenvalue weighted by Gasteiger charge is -2.39. The van der Waals surface area contributed by atoms with Crippen LogP contribution in [-0.2, 0) is 14.9 Å². The summed E-state index contributed by atoms with van der Waals surface area (Å²) in [4.78, 5) is 13.9. The molecule has 1 amide bonds. The van der Waals surface area contributed by atoms with Crippen LogP contribution in [0.5, 0.6) is 0 Å². The van der Waals surface area contributed by atoms with Gasteiger partial charge in [-0.15, -0.1) is 0 Å². The van der Waals surface area contributed by atoms with Crippen LogP contribution in [0.25, 0.3) is 6.08 Å². The Kier molecular flexibility index (Phi) is 3.62. The summed E-state index contributed by atoms with van der Waals surface area (Å²) in [6, 6.07) is 8.60. The summed E-state index contributed by atoms with van der Waals surface area (Å²) in [5, 5.41) is 0. The quantitative estimate of drug-likeness (QED) is 0.845. The molecule has 3 heteroatoms. The van der Waals surface area contributed by atoms with E-state index in [2.05, 4.69) is 36.4 Å². The van der Waals surface area contributed by atoms with Crippen LogP contribution in [-0.4, -0.2) is 37.1 Å². The maximum absolute atomic E-state index is 12.0. The predicted molar refractivity (Wildman–Crippen MR) is 79.5 cm³/mol. The van der Waals surface area contributed by atoms with Crippen LogP contribution < -0.4 is 0 Å². The zero-order valence-electron chi connectivity index (χ0n) is 12.0. The number of carbonyl (C=O) groups is 1. The molecule has 2 aliphatic rings. The summed E-state index contributed by atoms with van der Waals surface area (Å²) in [5.74, 6) is 0.122. The van der Waals surface area contributed by atoms with Crippen LogP contribution in [0.1, 0.15) is 30.9 Å². The van der Waals surface area contributed by atoms with Gasteiger partial charge in [-0.1, -0.05) is 36.4 Å². The van der Waals surface area contributed by atoms with Gasteiger partial charge in [0.05, 0.1) is 0 Å². The number of hydrogen-bond acceptors (Lipinski definition) is 2. The van der Waals surface area contributed by atoms with Gasteiger partial charge in [0.25, 0.3) is 0 Å². The van der Waals surface area contributed by atoms with Crippen LogP contribution in [0.15, 0.2) is 30.3 Å². The molecule has 0 saturated carbocycles. The molecule has 1 aromatic carbocycles. The van der Waals surface area contributed by atoms with Crippen molar-refractivity contribution in [3.05, 3.63) is 41.5 Å². The van der Waals surface area contributed by atoms with E-state index in [1.54, 1.807) is 0 Å². The number of rotatable bonds is 3. The molecule has 1 aliphatic heterocycles. The number of ether oxygens (including phenoxy) is 1. The minimum absolute atomic E-state index is 0.122. The van der Waals surface area contributed by atoms with Crippen molar-refractivity contribution in [2.24, 2.45) is 0 Å². The predicted octanol–water partition coefficient (Wildman–Crippen LogP) is 2.61. The Morgan fingerprint density at radius 3 is 2.80 bits per heavy atom. The molecule has 1 aromatic rings. The van der Waals surface area contributed by atoms with Crippen LogP contribution in [0.4, 0.5) is 0 Å². The lowest BCUT2D eigenvalue weighted by Crippen LogP contribution is -2.45. The summed E-state index contributed by atoms with van der Waals surface area (Å²) >= 11 is 0. The number of fused-ring (bicyclic) bond motifs is 2. The standard InChI is InChI=1S/C17H21NO2/c1-2-20-13-16(19)18-11-9-17(10-12-18)8-7-14-5-3-4-6-15(14)17/h3-8H,2,9-13H2,1H3. The third-order valence-electron chi connectivity index (χ3n) is 4.52. The average molecular weight is 271 g/mol. The molecule has 0 bridgehead atoms. The third-order valence-corrected chi connectivity index (χ3v) is 4.52. The van der Waals surface area contributed by atoms with Gasteiger partial charge in [-0.05, 0) is 30.9 Å². The smallest absolute Gasteiger partial charge is 0.248 e. The molecule has 0 radical (unpaired) electrons. The van der Waals surface area contributed by atoms with E-state index in [4.69, 9.17) is 4.74 Å². The van der Waals surface area contributed by atoms with E-state index < -0.39 is 0 Å². The van der Waals surface area contributed by atoms with Gasteiger partial charge in [-0.2, -0.15) is 0 Å². The normalized spacial score (nSPS) is 19.4. The Bertz CT molecular complexity index is 528. The molecular weight excluding hydrogens is 250 g/mol. The first kappa shape index (κ1) is 13.4. The lowest BCUT2D eigenvalue weighted by atomic mass is 9.74. The summed E-state index contributed by atoms with van der Waals surface area (Å²) in [6.45, 7) is 4.38. The zero-order chi connectivity index (χ0) is 14.0. The van der Waals surface area contributed by atoms with Gasteiger partial charge >= 0.3 is 0 Å². The first-order valence-electron chi connectivity index (χ1n) is 7.39. The molecule has 1 spiro atoms. The molecule has 0 aromatic heterocycles. The van der Waals surface area contributed by atoms with Gasteiger partial charge in [0.15, 0.2) is 0 Å². The number of allylic oxidation sites excluding steroid dienone is 1. The van der Waals surface area contributed by atoms with E-state index in [1.807, 2.05) is 11.8 Å². The fraction of sp³-hybridized carbons (Fsp3) is 0.471. The van der Waals surface area contributed by atoms with Crippen molar-refractivity contribution in [1.82, 2.24) is 4.90 Å². The van der Waals surface area contributed by atoms with E-state index in [1.165, 1.54) is 11.1 Å². The van der Waals surface area contributed by atoms with E-state index >= 15 is 0 Å². The Morgan fingerprint density at radius 1 is 1.30 bits per heavy atom. The molecule has 106 valence electrons. The monoisotopic (exact) mass is 271 g/mol. The second-order valence-corrected chi connectivity index (χ2v) is 5.59. The van der Waals surface area contributed by atoms with Gasteiger partial charge in [0, 0.05) is 25.1 Å². The van der Waals surface area contributed by atoms with Crippen LogP contribution in [0.2, 0.25) is 0 Å². The molecule has 3 nitrogen and oxygen atoms in total. The van der Waals surface area contributed by atoms with Gasteiger partial charge in [0.1, 0.15) is 6.61 Å². The summed E-state index contributed by atoms with van der Waals surface area (Å²) in [6.07, 6.45) is 6.59. The number of benzene rings is 1. The SMILES string of the molecule is CCOCC(=O)N1CCC2(C=Cc3ccccc32)CC1. The second kappa shape index (κ2) is 5.41. The fourth-order valence-electron chi connectivity index (χ4n) is 3.31. The van der Waals surface area contributed by atoms with Crippen LogP contribution in [0.3, 0.4) is 0 Å². The molecule has 1 fully saturated rings. The molecule has 1 aliphatic carbocycles. The molecule has 0 atom stereocenters. The number of piperidine rings is 1. The molecule has 0 N–H and O–H groups in total. The van der Waals surface area contributed by atoms with Gasteiger partial charge in [-0.25, -0.2) is 0 Å². The van der Waals surface area contributed by atoms with Gasteiger partial charge in [0.2, 0.25) is 5.91 Å². The highest BCUT2D eigenvalue weighted by molar-refractivity contribution is 5.77. The molecule has 1 heterocycles. The summed E-state index contributed by atoms with van der Waals surface area (Å²) in [7, 11) is 0. The zero-order valence-corrected chi connectivity index (χ0v) is 12.0. The minimum Gasteiger partial charge on any atom is -0.372 e. The van der Waals surface area contributed by atoms with Gasteiger partial charge < -0.3 is 9.64 Å². The van der Waals surface area contributed by atoms with E-state index in [0.29, 0.717) is 6.61 Å². The minimum atomic E-state index is 0.122. The van der Waals surface area contributed by atoms with E-state index in [0.717, 1.165) is 25.9 Å². The van der Waals surface area contributed by atoms with Crippen molar-refractivity contribution in [1.29, 1.82) is 0 Å².